The van der Waals surface area contributed by atoms with E-state index in [4.69, 9.17) is 27.9 Å². The number of hydrogen-bond donors (Lipinski definition) is 0. The number of fused-ring (bicyclic) bond motifs is 1. The van der Waals surface area contributed by atoms with Crippen molar-refractivity contribution < 1.29 is 4.74 Å². The molecule has 3 heteroatoms. The van der Waals surface area contributed by atoms with Crippen molar-refractivity contribution in [2.75, 3.05) is 7.11 Å². The van der Waals surface area contributed by atoms with Crippen molar-refractivity contribution in [2.24, 2.45) is 0 Å². The van der Waals surface area contributed by atoms with Crippen LogP contribution in [-0.4, -0.2) is 7.11 Å². The molecule has 0 amide bonds. The molecule has 0 N–H and O–H groups in total. The monoisotopic (exact) mass is 377 g/mol. The first-order valence-corrected chi connectivity index (χ1v) is 8.96. The zero-order chi connectivity index (χ0) is 18.1. The second kappa shape index (κ2) is 7.03. The molecule has 1 nitrogen and oxygen atoms in total. The Balaban J connectivity index is 1.94. The molecular formula is C23H15Cl2O. The van der Waals surface area contributed by atoms with Gasteiger partial charge in [0.25, 0.3) is 0 Å². The van der Waals surface area contributed by atoms with Gasteiger partial charge < -0.3 is 4.74 Å². The highest BCUT2D eigenvalue weighted by atomic mass is 35.5. The van der Waals surface area contributed by atoms with E-state index >= 15 is 0 Å². The molecule has 0 bridgehead atoms. The average molecular weight is 378 g/mol. The first-order valence-electron chi connectivity index (χ1n) is 8.20. The minimum absolute atomic E-state index is 0.539. The number of hydrogen-bond acceptors (Lipinski definition) is 1. The number of ether oxygens (including phenoxy) is 1. The molecule has 1 radical (unpaired) electrons. The fourth-order valence-corrected chi connectivity index (χ4v) is 3.35. The van der Waals surface area contributed by atoms with E-state index in [1.165, 1.54) is 0 Å². The molecule has 0 saturated carbocycles. The third-order valence-electron chi connectivity index (χ3n) is 4.40. The van der Waals surface area contributed by atoms with E-state index in [2.05, 4.69) is 36.4 Å². The van der Waals surface area contributed by atoms with Crippen molar-refractivity contribution in [2.45, 2.75) is 0 Å². The largest absolute Gasteiger partial charge is 0.497 e. The van der Waals surface area contributed by atoms with E-state index in [1.807, 2.05) is 42.5 Å². The van der Waals surface area contributed by atoms with Gasteiger partial charge in [-0.3, -0.25) is 0 Å². The van der Waals surface area contributed by atoms with E-state index in [0.29, 0.717) is 10.0 Å². The molecule has 4 aromatic rings. The summed E-state index contributed by atoms with van der Waals surface area (Å²) < 4.78 is 5.27. The molecule has 4 aromatic carbocycles. The minimum atomic E-state index is 0.539. The van der Waals surface area contributed by atoms with Crippen LogP contribution in [0.5, 0.6) is 5.75 Å². The van der Waals surface area contributed by atoms with E-state index < -0.39 is 0 Å². The summed E-state index contributed by atoms with van der Waals surface area (Å²) in [7, 11) is 1.67. The quantitative estimate of drug-likeness (QED) is 0.364. The second-order valence-electron chi connectivity index (χ2n) is 6.00. The van der Waals surface area contributed by atoms with Gasteiger partial charge in [-0.05, 0) is 69.4 Å². The highest BCUT2D eigenvalue weighted by Gasteiger charge is 2.10. The topological polar surface area (TPSA) is 9.23 Å². The highest BCUT2D eigenvalue weighted by molar-refractivity contribution is 6.42. The maximum atomic E-state index is 6.21. The van der Waals surface area contributed by atoms with Gasteiger partial charge >= 0.3 is 0 Å². The molecule has 0 aliphatic heterocycles. The van der Waals surface area contributed by atoms with Crippen LogP contribution in [0.1, 0.15) is 0 Å². The molecule has 26 heavy (non-hydrogen) atoms. The summed E-state index contributed by atoms with van der Waals surface area (Å²) in [5.41, 5.74) is 4.10. The fraction of sp³-hybridized carbons (Fsp3) is 0.0435. The van der Waals surface area contributed by atoms with E-state index in [1.54, 1.807) is 7.11 Å². The number of methoxy groups -OCH3 is 1. The average Bonchev–Trinajstić information content (AvgIpc) is 2.69. The maximum Gasteiger partial charge on any atom is 0.118 e. The van der Waals surface area contributed by atoms with Crippen LogP contribution in [-0.2, 0) is 0 Å². The van der Waals surface area contributed by atoms with Crippen LogP contribution in [0.25, 0.3) is 33.0 Å². The van der Waals surface area contributed by atoms with Crippen LogP contribution in [0.3, 0.4) is 0 Å². The summed E-state index contributed by atoms with van der Waals surface area (Å²) in [6, 6.07) is 27.7. The van der Waals surface area contributed by atoms with Gasteiger partial charge in [-0.15, -0.1) is 0 Å². The van der Waals surface area contributed by atoms with Crippen molar-refractivity contribution in [3.8, 4) is 28.0 Å². The molecular weight excluding hydrogens is 363 g/mol. The van der Waals surface area contributed by atoms with Gasteiger partial charge in [0.15, 0.2) is 0 Å². The zero-order valence-corrected chi connectivity index (χ0v) is 15.6. The lowest BCUT2D eigenvalue weighted by atomic mass is 9.93. The Bertz CT molecular complexity index is 1090. The van der Waals surface area contributed by atoms with Crippen molar-refractivity contribution in [3.05, 3.63) is 88.9 Å². The molecule has 0 aliphatic carbocycles. The van der Waals surface area contributed by atoms with Crippen LogP contribution in [0.4, 0.5) is 0 Å². The Morgan fingerprint density at radius 2 is 1.50 bits per heavy atom. The number of halogens is 2. The van der Waals surface area contributed by atoms with E-state index in [-0.39, 0.29) is 0 Å². The van der Waals surface area contributed by atoms with Gasteiger partial charge in [-0.2, -0.15) is 0 Å². The van der Waals surface area contributed by atoms with Gasteiger partial charge in [-0.25, -0.2) is 0 Å². The lowest BCUT2D eigenvalue weighted by molar-refractivity contribution is 0.415. The number of benzene rings is 4. The summed E-state index contributed by atoms with van der Waals surface area (Å²) >= 11 is 12.3. The summed E-state index contributed by atoms with van der Waals surface area (Å²) in [5, 5.41) is 3.39. The van der Waals surface area contributed by atoms with E-state index in [0.717, 1.165) is 38.8 Å². The Morgan fingerprint density at radius 1 is 0.769 bits per heavy atom. The fourth-order valence-electron chi connectivity index (χ4n) is 3.05. The second-order valence-corrected chi connectivity index (χ2v) is 6.82. The summed E-state index contributed by atoms with van der Waals surface area (Å²) in [5.74, 6) is 0.832. The van der Waals surface area contributed by atoms with Crippen LogP contribution >= 0.6 is 23.2 Å². The zero-order valence-electron chi connectivity index (χ0n) is 14.1. The van der Waals surface area contributed by atoms with Crippen molar-refractivity contribution in [3.63, 3.8) is 0 Å². The van der Waals surface area contributed by atoms with Crippen LogP contribution in [0.15, 0.2) is 72.8 Å². The first kappa shape index (κ1) is 17.0. The Hall–Kier alpha value is -2.48. The molecule has 0 aromatic heterocycles. The van der Waals surface area contributed by atoms with Crippen LogP contribution in [0.2, 0.25) is 10.0 Å². The normalized spacial score (nSPS) is 10.9. The van der Waals surface area contributed by atoms with Crippen LogP contribution < -0.4 is 4.74 Å². The Morgan fingerprint density at radius 3 is 2.23 bits per heavy atom. The third-order valence-corrected chi connectivity index (χ3v) is 5.14. The standard InChI is InChI=1S/C23H15Cl2O/c1-26-19-9-6-15(7-10-19)21-13-18(12-17-4-2-3-5-20(17)21)16-8-11-22(24)23(25)14-16/h2-12,14H,1H3. The maximum absolute atomic E-state index is 6.21. The molecule has 4 rings (SSSR count). The van der Waals surface area contributed by atoms with Gasteiger partial charge in [-0.1, -0.05) is 65.7 Å². The summed E-state index contributed by atoms with van der Waals surface area (Å²) in [4.78, 5) is 0. The summed E-state index contributed by atoms with van der Waals surface area (Å²) in [6.07, 6.45) is 0. The van der Waals surface area contributed by atoms with Crippen molar-refractivity contribution in [1.29, 1.82) is 0 Å². The molecule has 0 heterocycles. The van der Waals surface area contributed by atoms with Gasteiger partial charge in [0, 0.05) is 0 Å². The molecule has 0 spiro atoms. The highest BCUT2D eigenvalue weighted by Crippen LogP contribution is 2.35. The molecule has 0 atom stereocenters. The lowest BCUT2D eigenvalue weighted by Gasteiger charge is -2.12. The SMILES string of the molecule is COc1ccc(-c2[c]c(-c3ccc(Cl)c(Cl)c3)cc3ccccc23)cc1. The minimum Gasteiger partial charge on any atom is -0.497 e. The Labute approximate surface area is 162 Å². The van der Waals surface area contributed by atoms with Gasteiger partial charge in [0.05, 0.1) is 17.2 Å². The Kier molecular flexibility index (Phi) is 4.58. The molecule has 0 saturated heterocycles. The molecule has 0 unspecified atom stereocenters. The van der Waals surface area contributed by atoms with Crippen molar-refractivity contribution in [1.82, 2.24) is 0 Å². The number of rotatable bonds is 3. The van der Waals surface area contributed by atoms with Gasteiger partial charge in [0.2, 0.25) is 0 Å². The molecule has 0 fully saturated rings. The smallest absolute Gasteiger partial charge is 0.118 e. The van der Waals surface area contributed by atoms with Gasteiger partial charge in [0.1, 0.15) is 5.75 Å². The third kappa shape index (κ3) is 3.16. The first-order chi connectivity index (χ1) is 12.7. The summed E-state index contributed by atoms with van der Waals surface area (Å²) in [6.45, 7) is 0. The molecule has 127 valence electrons. The predicted molar refractivity (Wildman–Crippen MR) is 110 cm³/mol. The predicted octanol–water partition coefficient (Wildman–Crippen LogP) is 7.29. The molecule has 0 aliphatic rings. The van der Waals surface area contributed by atoms with E-state index in [9.17, 15) is 0 Å². The lowest BCUT2D eigenvalue weighted by Crippen LogP contribution is -1.87. The van der Waals surface area contributed by atoms with Crippen molar-refractivity contribution >= 4 is 34.0 Å². The van der Waals surface area contributed by atoms with Crippen LogP contribution in [0, 0.1) is 6.07 Å².